The minimum absolute atomic E-state index is 0.212. The molecule has 0 aliphatic rings. The number of ether oxygens (including phenoxy) is 1. The van der Waals surface area contributed by atoms with Crippen LogP contribution >= 0.6 is 0 Å². The van der Waals surface area contributed by atoms with Crippen molar-refractivity contribution >= 4 is 6.21 Å². The highest BCUT2D eigenvalue weighted by molar-refractivity contribution is 5.84. The number of aromatic hydroxyl groups is 1. The van der Waals surface area contributed by atoms with Gasteiger partial charge in [0, 0.05) is 18.3 Å². The molecule has 0 aliphatic carbocycles. The number of phenols is 1. The van der Waals surface area contributed by atoms with Crippen molar-refractivity contribution < 1.29 is 9.84 Å². The maximum Gasteiger partial charge on any atom is 0.124 e. The first-order chi connectivity index (χ1) is 9.29. The summed E-state index contributed by atoms with van der Waals surface area (Å²) in [6.07, 6.45) is 2.57. The van der Waals surface area contributed by atoms with Crippen LogP contribution in [0.15, 0.2) is 53.5 Å². The van der Waals surface area contributed by atoms with E-state index in [1.54, 1.807) is 31.5 Å². The van der Waals surface area contributed by atoms with E-state index in [0.717, 1.165) is 6.42 Å². The Kier molecular flexibility index (Phi) is 4.56. The molecule has 3 heteroatoms. The topological polar surface area (TPSA) is 41.8 Å². The van der Waals surface area contributed by atoms with Gasteiger partial charge < -0.3 is 9.84 Å². The van der Waals surface area contributed by atoms with E-state index in [1.165, 1.54) is 5.56 Å². The van der Waals surface area contributed by atoms with Gasteiger partial charge in [-0.05, 0) is 30.2 Å². The van der Waals surface area contributed by atoms with Crippen molar-refractivity contribution in [3.63, 3.8) is 0 Å². The van der Waals surface area contributed by atoms with E-state index in [0.29, 0.717) is 17.9 Å². The zero-order chi connectivity index (χ0) is 13.5. The minimum atomic E-state index is 0.212. The van der Waals surface area contributed by atoms with Gasteiger partial charge >= 0.3 is 0 Å². The SMILES string of the molecule is COc1ccc(O)c(C=NCCc2ccccc2)c1. The molecule has 0 unspecified atom stereocenters. The molecule has 2 rings (SSSR count). The Morgan fingerprint density at radius 1 is 1.16 bits per heavy atom. The lowest BCUT2D eigenvalue weighted by Gasteiger charge is -2.03. The first-order valence-electron chi connectivity index (χ1n) is 6.20. The summed E-state index contributed by atoms with van der Waals surface area (Å²) in [4.78, 5) is 4.33. The first kappa shape index (κ1) is 13.1. The van der Waals surface area contributed by atoms with Gasteiger partial charge in [0.05, 0.1) is 7.11 Å². The summed E-state index contributed by atoms with van der Waals surface area (Å²) in [6.45, 7) is 0.695. The lowest BCUT2D eigenvalue weighted by molar-refractivity contribution is 0.412. The highest BCUT2D eigenvalue weighted by atomic mass is 16.5. The molecule has 2 aromatic carbocycles. The molecule has 0 bridgehead atoms. The van der Waals surface area contributed by atoms with Gasteiger partial charge in [0.1, 0.15) is 11.5 Å². The van der Waals surface area contributed by atoms with Gasteiger partial charge in [-0.25, -0.2) is 0 Å². The van der Waals surface area contributed by atoms with E-state index in [-0.39, 0.29) is 5.75 Å². The number of phenolic OH excluding ortho intramolecular Hbond substituents is 1. The molecular weight excluding hydrogens is 238 g/mol. The quantitative estimate of drug-likeness (QED) is 0.834. The summed E-state index contributed by atoms with van der Waals surface area (Å²) in [7, 11) is 1.60. The second kappa shape index (κ2) is 6.59. The average molecular weight is 255 g/mol. The Morgan fingerprint density at radius 2 is 1.95 bits per heavy atom. The van der Waals surface area contributed by atoms with Crippen LogP contribution in [0.1, 0.15) is 11.1 Å². The lowest BCUT2D eigenvalue weighted by atomic mass is 10.1. The van der Waals surface area contributed by atoms with Gasteiger partial charge in [0.15, 0.2) is 0 Å². The van der Waals surface area contributed by atoms with Crippen molar-refractivity contribution in [3.8, 4) is 11.5 Å². The van der Waals surface area contributed by atoms with Crippen LogP contribution in [0.4, 0.5) is 0 Å². The van der Waals surface area contributed by atoms with Gasteiger partial charge in [-0.15, -0.1) is 0 Å². The number of nitrogens with zero attached hydrogens (tertiary/aromatic N) is 1. The van der Waals surface area contributed by atoms with E-state index in [1.807, 2.05) is 18.2 Å². The van der Waals surface area contributed by atoms with Gasteiger partial charge in [0.2, 0.25) is 0 Å². The zero-order valence-corrected chi connectivity index (χ0v) is 10.9. The molecular formula is C16H17NO2. The third-order valence-electron chi connectivity index (χ3n) is 2.84. The van der Waals surface area contributed by atoms with Crippen molar-refractivity contribution in [2.45, 2.75) is 6.42 Å². The summed E-state index contributed by atoms with van der Waals surface area (Å²) in [6, 6.07) is 15.3. The number of benzene rings is 2. The van der Waals surface area contributed by atoms with Gasteiger partial charge in [-0.1, -0.05) is 30.3 Å². The fraction of sp³-hybridized carbons (Fsp3) is 0.188. The van der Waals surface area contributed by atoms with Crippen molar-refractivity contribution in [1.29, 1.82) is 0 Å². The molecule has 0 aliphatic heterocycles. The third kappa shape index (κ3) is 3.85. The number of aliphatic imine (C=N–C) groups is 1. The summed E-state index contributed by atoms with van der Waals surface area (Å²) < 4.78 is 5.11. The molecule has 1 N–H and O–H groups in total. The molecule has 3 nitrogen and oxygen atoms in total. The normalized spacial score (nSPS) is 10.8. The van der Waals surface area contributed by atoms with Crippen molar-refractivity contribution in [2.75, 3.05) is 13.7 Å². The van der Waals surface area contributed by atoms with Crippen LogP contribution in [0.25, 0.3) is 0 Å². The highest BCUT2D eigenvalue weighted by Gasteiger charge is 2.00. The van der Waals surface area contributed by atoms with Crippen molar-refractivity contribution in [1.82, 2.24) is 0 Å². The second-order valence-corrected chi connectivity index (χ2v) is 4.20. The Morgan fingerprint density at radius 3 is 2.68 bits per heavy atom. The van der Waals surface area contributed by atoms with E-state index in [9.17, 15) is 5.11 Å². The number of hydrogen-bond acceptors (Lipinski definition) is 3. The molecule has 0 atom stereocenters. The predicted molar refractivity (Wildman–Crippen MR) is 77.3 cm³/mol. The zero-order valence-electron chi connectivity index (χ0n) is 10.9. The van der Waals surface area contributed by atoms with E-state index >= 15 is 0 Å². The number of rotatable bonds is 5. The van der Waals surface area contributed by atoms with Crippen LogP contribution in [-0.2, 0) is 6.42 Å². The largest absolute Gasteiger partial charge is 0.507 e. The molecule has 19 heavy (non-hydrogen) atoms. The molecule has 0 heterocycles. The van der Waals surface area contributed by atoms with E-state index in [4.69, 9.17) is 4.74 Å². The minimum Gasteiger partial charge on any atom is -0.507 e. The van der Waals surface area contributed by atoms with Gasteiger partial charge in [0.25, 0.3) is 0 Å². The summed E-state index contributed by atoms with van der Waals surface area (Å²) >= 11 is 0. The second-order valence-electron chi connectivity index (χ2n) is 4.20. The molecule has 0 amide bonds. The Bertz CT molecular complexity index is 550. The number of hydrogen-bond donors (Lipinski definition) is 1. The smallest absolute Gasteiger partial charge is 0.124 e. The Labute approximate surface area is 113 Å². The van der Waals surface area contributed by atoms with Gasteiger partial charge in [-0.2, -0.15) is 0 Å². The van der Waals surface area contributed by atoms with Crippen LogP contribution < -0.4 is 4.74 Å². The Balaban J connectivity index is 1.95. The molecule has 0 radical (unpaired) electrons. The molecule has 0 aromatic heterocycles. The van der Waals surface area contributed by atoms with Crippen LogP contribution in [-0.4, -0.2) is 25.0 Å². The van der Waals surface area contributed by atoms with Gasteiger partial charge in [-0.3, -0.25) is 4.99 Å². The van der Waals surface area contributed by atoms with Crippen LogP contribution in [0.3, 0.4) is 0 Å². The maximum atomic E-state index is 9.70. The standard InChI is InChI=1S/C16H17NO2/c1-19-15-7-8-16(18)14(11-15)12-17-10-9-13-5-3-2-4-6-13/h2-8,11-12,18H,9-10H2,1H3. The first-order valence-corrected chi connectivity index (χ1v) is 6.20. The molecule has 0 fully saturated rings. The predicted octanol–water partition coefficient (Wildman–Crippen LogP) is 3.06. The fourth-order valence-corrected chi connectivity index (χ4v) is 1.76. The fourth-order valence-electron chi connectivity index (χ4n) is 1.76. The Hall–Kier alpha value is -2.29. The van der Waals surface area contributed by atoms with Crippen LogP contribution in [0.5, 0.6) is 11.5 Å². The average Bonchev–Trinajstić information content (AvgIpc) is 2.46. The third-order valence-corrected chi connectivity index (χ3v) is 2.84. The van der Waals surface area contributed by atoms with Crippen molar-refractivity contribution in [2.24, 2.45) is 4.99 Å². The summed E-state index contributed by atoms with van der Waals surface area (Å²) in [5, 5.41) is 9.70. The molecule has 0 saturated heterocycles. The van der Waals surface area contributed by atoms with Crippen molar-refractivity contribution in [3.05, 3.63) is 59.7 Å². The van der Waals surface area contributed by atoms with E-state index in [2.05, 4.69) is 17.1 Å². The molecule has 2 aromatic rings. The highest BCUT2D eigenvalue weighted by Crippen LogP contribution is 2.21. The molecule has 0 saturated carbocycles. The number of methoxy groups -OCH3 is 1. The monoisotopic (exact) mass is 255 g/mol. The van der Waals surface area contributed by atoms with Crippen LogP contribution in [0, 0.1) is 0 Å². The summed E-state index contributed by atoms with van der Waals surface area (Å²) in [5.74, 6) is 0.923. The summed E-state index contributed by atoms with van der Waals surface area (Å²) in [5.41, 5.74) is 1.93. The molecule has 0 spiro atoms. The van der Waals surface area contributed by atoms with E-state index < -0.39 is 0 Å². The molecule has 98 valence electrons. The lowest BCUT2D eigenvalue weighted by Crippen LogP contribution is -1.91. The maximum absolute atomic E-state index is 9.70. The van der Waals surface area contributed by atoms with Crippen LogP contribution in [0.2, 0.25) is 0 Å².